The second-order valence-corrected chi connectivity index (χ2v) is 6.53. The molecule has 1 saturated carbocycles. The normalized spacial score (nSPS) is 13.9. The fourth-order valence-electron chi connectivity index (χ4n) is 2.43. The zero-order chi connectivity index (χ0) is 15.4. The average molecular weight is 316 g/mol. The number of para-hydroxylation sites is 1. The molecular weight excluding hydrogens is 296 g/mol. The van der Waals surface area contributed by atoms with E-state index in [1.54, 1.807) is 11.3 Å². The first-order chi connectivity index (χ1) is 10.7. The largest absolute Gasteiger partial charge is 0.484 e. The van der Waals surface area contributed by atoms with Crippen LogP contribution in [-0.4, -0.2) is 35.0 Å². The van der Waals surface area contributed by atoms with Crippen LogP contribution in [0.4, 0.5) is 0 Å². The molecule has 116 valence electrons. The molecule has 4 nitrogen and oxygen atoms in total. The third-order valence-electron chi connectivity index (χ3n) is 3.80. The summed E-state index contributed by atoms with van der Waals surface area (Å²) in [6, 6.07) is 8.18. The van der Waals surface area contributed by atoms with Crippen molar-refractivity contribution in [1.82, 2.24) is 9.88 Å². The number of carbonyl (C=O) groups excluding carboxylic acids is 1. The van der Waals surface area contributed by atoms with E-state index in [0.29, 0.717) is 6.04 Å². The number of ether oxygens (including phenoxy) is 1. The molecule has 22 heavy (non-hydrogen) atoms. The number of rotatable bonds is 7. The third kappa shape index (κ3) is 3.85. The first kappa shape index (κ1) is 15.0. The zero-order valence-corrected chi connectivity index (χ0v) is 13.5. The van der Waals surface area contributed by atoms with Crippen molar-refractivity contribution in [3.8, 4) is 5.75 Å². The highest BCUT2D eigenvalue weighted by atomic mass is 32.1. The Hall–Kier alpha value is -1.88. The van der Waals surface area contributed by atoms with Crippen LogP contribution >= 0.6 is 11.3 Å². The molecule has 0 saturated heterocycles. The minimum Gasteiger partial charge on any atom is -0.484 e. The summed E-state index contributed by atoms with van der Waals surface area (Å²) in [6.45, 7) is 2.83. The molecule has 1 aromatic heterocycles. The summed E-state index contributed by atoms with van der Waals surface area (Å²) in [7, 11) is 0. The van der Waals surface area contributed by atoms with E-state index in [2.05, 4.69) is 4.98 Å². The van der Waals surface area contributed by atoms with Crippen molar-refractivity contribution >= 4 is 17.2 Å². The van der Waals surface area contributed by atoms with Gasteiger partial charge in [-0.05, 0) is 31.4 Å². The van der Waals surface area contributed by atoms with Gasteiger partial charge in [-0.25, -0.2) is 4.98 Å². The molecule has 0 radical (unpaired) electrons. The van der Waals surface area contributed by atoms with Crippen molar-refractivity contribution in [1.29, 1.82) is 0 Å². The van der Waals surface area contributed by atoms with Gasteiger partial charge in [0.2, 0.25) is 0 Å². The number of nitrogens with zero attached hydrogens (tertiary/aromatic N) is 2. The standard InChI is InChI=1S/C17H20N2O2S/c1-13-4-2-3-5-15(13)21-12-17(20)19(14-6-7-14)10-8-16-18-9-11-22-16/h2-5,9,11,14H,6-8,10,12H2,1H3. The quantitative estimate of drug-likeness (QED) is 0.788. The van der Waals surface area contributed by atoms with Gasteiger partial charge >= 0.3 is 0 Å². The van der Waals surface area contributed by atoms with Crippen LogP contribution < -0.4 is 4.74 Å². The van der Waals surface area contributed by atoms with Crippen LogP contribution in [-0.2, 0) is 11.2 Å². The molecule has 1 amide bonds. The van der Waals surface area contributed by atoms with E-state index in [0.717, 1.165) is 42.1 Å². The summed E-state index contributed by atoms with van der Waals surface area (Å²) < 4.78 is 5.69. The van der Waals surface area contributed by atoms with Gasteiger partial charge in [0.15, 0.2) is 6.61 Å². The Kier molecular flexibility index (Phi) is 4.73. The van der Waals surface area contributed by atoms with Crippen LogP contribution in [0.5, 0.6) is 5.75 Å². The Morgan fingerprint density at radius 3 is 2.91 bits per heavy atom. The van der Waals surface area contributed by atoms with Crippen LogP contribution in [0.25, 0.3) is 0 Å². The average Bonchev–Trinajstić information content (AvgIpc) is 3.22. The lowest BCUT2D eigenvalue weighted by atomic mass is 10.2. The number of benzene rings is 1. The highest BCUT2D eigenvalue weighted by Gasteiger charge is 2.32. The Morgan fingerprint density at radius 1 is 1.41 bits per heavy atom. The highest BCUT2D eigenvalue weighted by molar-refractivity contribution is 7.09. The number of aromatic nitrogens is 1. The number of aryl methyl sites for hydroxylation is 1. The van der Waals surface area contributed by atoms with Crippen LogP contribution in [0, 0.1) is 6.92 Å². The first-order valence-electron chi connectivity index (χ1n) is 7.60. The topological polar surface area (TPSA) is 42.4 Å². The molecule has 0 spiro atoms. The molecule has 1 aliphatic rings. The molecule has 1 fully saturated rings. The predicted molar refractivity (Wildman–Crippen MR) is 87.2 cm³/mol. The van der Waals surface area contributed by atoms with Gasteiger partial charge in [0, 0.05) is 30.6 Å². The Labute approximate surface area is 134 Å². The number of amides is 1. The van der Waals surface area contributed by atoms with Crippen LogP contribution in [0.15, 0.2) is 35.8 Å². The molecule has 5 heteroatoms. The molecule has 1 aliphatic carbocycles. The van der Waals surface area contributed by atoms with Gasteiger partial charge in [0.05, 0.1) is 5.01 Å². The van der Waals surface area contributed by atoms with Crippen molar-refractivity contribution in [3.63, 3.8) is 0 Å². The maximum atomic E-state index is 12.5. The Morgan fingerprint density at radius 2 is 2.23 bits per heavy atom. The van der Waals surface area contributed by atoms with Crippen LogP contribution in [0.1, 0.15) is 23.4 Å². The van der Waals surface area contributed by atoms with Crippen molar-refractivity contribution in [2.75, 3.05) is 13.2 Å². The number of hydrogen-bond acceptors (Lipinski definition) is 4. The molecule has 0 N–H and O–H groups in total. The fourth-order valence-corrected chi connectivity index (χ4v) is 3.04. The van der Waals surface area contributed by atoms with E-state index in [9.17, 15) is 4.79 Å². The summed E-state index contributed by atoms with van der Waals surface area (Å²) in [5, 5.41) is 3.05. The molecule has 1 aromatic carbocycles. The Bertz CT molecular complexity index is 623. The lowest BCUT2D eigenvalue weighted by Crippen LogP contribution is -2.38. The van der Waals surface area contributed by atoms with Gasteiger partial charge in [0.25, 0.3) is 5.91 Å². The maximum absolute atomic E-state index is 12.5. The third-order valence-corrected chi connectivity index (χ3v) is 4.64. The number of thiazole rings is 1. The second kappa shape index (κ2) is 6.92. The predicted octanol–water partition coefficient (Wildman–Crippen LogP) is 3.06. The van der Waals surface area contributed by atoms with Gasteiger partial charge in [-0.1, -0.05) is 18.2 Å². The van der Waals surface area contributed by atoms with E-state index in [-0.39, 0.29) is 12.5 Å². The second-order valence-electron chi connectivity index (χ2n) is 5.55. The number of hydrogen-bond donors (Lipinski definition) is 0. The van der Waals surface area contributed by atoms with Gasteiger partial charge in [-0.3, -0.25) is 4.79 Å². The molecule has 1 heterocycles. The van der Waals surface area contributed by atoms with E-state index >= 15 is 0 Å². The molecule has 0 atom stereocenters. The molecule has 0 bridgehead atoms. The van der Waals surface area contributed by atoms with Crippen molar-refractivity contribution in [3.05, 3.63) is 46.4 Å². The lowest BCUT2D eigenvalue weighted by Gasteiger charge is -2.22. The van der Waals surface area contributed by atoms with E-state index in [1.165, 1.54) is 0 Å². The molecule has 3 rings (SSSR count). The van der Waals surface area contributed by atoms with Crippen molar-refractivity contribution in [2.45, 2.75) is 32.2 Å². The van der Waals surface area contributed by atoms with Crippen molar-refractivity contribution < 1.29 is 9.53 Å². The Balaban J connectivity index is 1.55. The minimum atomic E-state index is 0.0716. The molecular formula is C17H20N2O2S. The summed E-state index contributed by atoms with van der Waals surface area (Å²) in [5.74, 6) is 0.855. The van der Waals surface area contributed by atoms with Crippen LogP contribution in [0.3, 0.4) is 0 Å². The maximum Gasteiger partial charge on any atom is 0.260 e. The summed E-state index contributed by atoms with van der Waals surface area (Å²) in [6.07, 6.45) is 4.84. The molecule has 2 aromatic rings. The number of carbonyl (C=O) groups is 1. The zero-order valence-electron chi connectivity index (χ0n) is 12.7. The van der Waals surface area contributed by atoms with Gasteiger partial charge in [0.1, 0.15) is 5.75 Å². The summed E-state index contributed by atoms with van der Waals surface area (Å²) >= 11 is 1.64. The minimum absolute atomic E-state index is 0.0716. The summed E-state index contributed by atoms with van der Waals surface area (Å²) in [4.78, 5) is 18.7. The lowest BCUT2D eigenvalue weighted by molar-refractivity contribution is -0.133. The SMILES string of the molecule is Cc1ccccc1OCC(=O)N(CCc1nccs1)C1CC1. The van der Waals surface area contributed by atoms with Crippen molar-refractivity contribution in [2.24, 2.45) is 0 Å². The van der Waals surface area contributed by atoms with E-state index in [1.807, 2.05) is 47.7 Å². The fraction of sp³-hybridized carbons (Fsp3) is 0.412. The van der Waals surface area contributed by atoms with E-state index in [4.69, 9.17) is 4.74 Å². The van der Waals surface area contributed by atoms with Gasteiger partial charge < -0.3 is 9.64 Å². The first-order valence-corrected chi connectivity index (χ1v) is 8.48. The monoisotopic (exact) mass is 316 g/mol. The smallest absolute Gasteiger partial charge is 0.260 e. The van der Waals surface area contributed by atoms with Gasteiger partial charge in [-0.2, -0.15) is 0 Å². The van der Waals surface area contributed by atoms with Gasteiger partial charge in [-0.15, -0.1) is 11.3 Å². The highest BCUT2D eigenvalue weighted by Crippen LogP contribution is 2.27. The molecule has 0 aliphatic heterocycles. The van der Waals surface area contributed by atoms with Crippen LogP contribution in [0.2, 0.25) is 0 Å². The summed E-state index contributed by atoms with van der Waals surface area (Å²) in [5.41, 5.74) is 1.05. The van der Waals surface area contributed by atoms with E-state index < -0.39 is 0 Å². The molecule has 0 unspecified atom stereocenters.